The molecule has 76 valence electrons. The molecule has 0 aliphatic heterocycles. The minimum absolute atomic E-state index is 0.542. The molecule has 1 heterocycles. The maximum atomic E-state index is 3.61. The molecule has 2 fully saturated rings. The second kappa shape index (κ2) is 3.07. The minimum Gasteiger partial charge on any atom is -0.310 e. The van der Waals surface area contributed by atoms with Crippen molar-refractivity contribution in [2.45, 2.75) is 50.6 Å². The minimum atomic E-state index is 0.542. The van der Waals surface area contributed by atoms with E-state index in [9.17, 15) is 0 Å². The van der Waals surface area contributed by atoms with E-state index in [2.05, 4.69) is 23.0 Å². The number of thiophene rings is 1. The van der Waals surface area contributed by atoms with Crippen molar-refractivity contribution in [3.05, 3.63) is 21.9 Å². The topological polar surface area (TPSA) is 12.0 Å². The molecule has 0 radical (unpaired) electrons. The monoisotopic (exact) mass is 207 g/mol. The predicted octanol–water partition coefficient (Wildman–Crippen LogP) is 3.05. The van der Waals surface area contributed by atoms with E-state index in [0.29, 0.717) is 5.41 Å². The van der Waals surface area contributed by atoms with Gasteiger partial charge < -0.3 is 5.32 Å². The second-order valence-electron chi connectivity index (χ2n) is 5.03. The van der Waals surface area contributed by atoms with Crippen LogP contribution >= 0.6 is 11.3 Å². The molecule has 1 aromatic rings. The van der Waals surface area contributed by atoms with E-state index in [0.717, 1.165) is 12.6 Å². The Labute approximate surface area is 89.5 Å². The van der Waals surface area contributed by atoms with Gasteiger partial charge in [-0.15, -0.1) is 0 Å². The van der Waals surface area contributed by atoms with Crippen LogP contribution < -0.4 is 5.32 Å². The molecular weight excluding hydrogens is 190 g/mol. The smallest absolute Gasteiger partial charge is 0.0219 e. The lowest BCUT2D eigenvalue weighted by Gasteiger charge is -2.10. The SMILES string of the molecule is CC1(c2cscc2CNC2CC2)CC1. The molecule has 0 amide bonds. The first kappa shape index (κ1) is 8.93. The van der Waals surface area contributed by atoms with E-state index in [1.807, 2.05) is 11.3 Å². The summed E-state index contributed by atoms with van der Waals surface area (Å²) in [6, 6.07) is 0.828. The van der Waals surface area contributed by atoms with Crippen LogP contribution in [-0.4, -0.2) is 6.04 Å². The third kappa shape index (κ3) is 1.61. The molecule has 1 aromatic heterocycles. The summed E-state index contributed by atoms with van der Waals surface area (Å²) in [5.41, 5.74) is 3.72. The Bertz CT molecular complexity index is 334. The highest BCUT2D eigenvalue weighted by Gasteiger charge is 2.40. The molecule has 2 heteroatoms. The zero-order valence-corrected chi connectivity index (χ0v) is 9.49. The molecule has 2 saturated carbocycles. The van der Waals surface area contributed by atoms with Gasteiger partial charge in [0.1, 0.15) is 0 Å². The summed E-state index contributed by atoms with van der Waals surface area (Å²) in [7, 11) is 0. The van der Waals surface area contributed by atoms with E-state index in [-0.39, 0.29) is 0 Å². The molecule has 1 N–H and O–H groups in total. The Kier molecular flexibility index (Phi) is 1.96. The standard InChI is InChI=1S/C12H17NS/c1-12(4-5-12)11-8-14-7-9(11)6-13-10-2-3-10/h7-8,10,13H,2-6H2,1H3. The molecule has 0 saturated heterocycles. The van der Waals surface area contributed by atoms with Crippen LogP contribution in [0.15, 0.2) is 10.8 Å². The summed E-state index contributed by atoms with van der Waals surface area (Å²) in [4.78, 5) is 0. The molecule has 14 heavy (non-hydrogen) atoms. The van der Waals surface area contributed by atoms with E-state index in [1.165, 1.54) is 25.7 Å². The van der Waals surface area contributed by atoms with Crippen molar-refractivity contribution in [2.24, 2.45) is 0 Å². The highest BCUT2D eigenvalue weighted by atomic mass is 32.1. The lowest BCUT2D eigenvalue weighted by molar-refractivity contribution is 0.671. The van der Waals surface area contributed by atoms with E-state index >= 15 is 0 Å². The fraction of sp³-hybridized carbons (Fsp3) is 0.667. The molecule has 2 aliphatic rings. The van der Waals surface area contributed by atoms with Gasteiger partial charge in [-0.3, -0.25) is 0 Å². The summed E-state index contributed by atoms with van der Waals surface area (Å²) < 4.78 is 0. The van der Waals surface area contributed by atoms with Gasteiger partial charge in [0, 0.05) is 12.6 Å². The number of hydrogen-bond donors (Lipinski definition) is 1. The normalized spacial score (nSPS) is 23.8. The molecule has 0 unspecified atom stereocenters. The molecular formula is C12H17NS. The molecule has 0 bridgehead atoms. The van der Waals surface area contributed by atoms with Crippen molar-refractivity contribution in [3.8, 4) is 0 Å². The van der Waals surface area contributed by atoms with Gasteiger partial charge in [-0.05, 0) is 53.0 Å². The van der Waals surface area contributed by atoms with Crippen molar-refractivity contribution >= 4 is 11.3 Å². The Morgan fingerprint density at radius 1 is 1.43 bits per heavy atom. The summed E-state index contributed by atoms with van der Waals surface area (Å²) in [6.07, 6.45) is 5.55. The Hall–Kier alpha value is -0.340. The lowest BCUT2D eigenvalue weighted by atomic mass is 9.97. The van der Waals surface area contributed by atoms with Gasteiger partial charge in [0.2, 0.25) is 0 Å². The molecule has 0 spiro atoms. The number of nitrogens with one attached hydrogen (secondary N) is 1. The van der Waals surface area contributed by atoms with Crippen molar-refractivity contribution in [1.82, 2.24) is 5.32 Å². The maximum Gasteiger partial charge on any atom is 0.0219 e. The van der Waals surface area contributed by atoms with Crippen LogP contribution in [0.4, 0.5) is 0 Å². The lowest BCUT2D eigenvalue weighted by Crippen LogP contribution is -2.17. The Morgan fingerprint density at radius 3 is 2.86 bits per heavy atom. The second-order valence-corrected chi connectivity index (χ2v) is 5.77. The maximum absolute atomic E-state index is 3.61. The summed E-state index contributed by atoms with van der Waals surface area (Å²) in [5, 5.41) is 8.29. The first-order valence-electron chi connectivity index (χ1n) is 5.57. The van der Waals surface area contributed by atoms with Gasteiger partial charge in [0.25, 0.3) is 0 Å². The number of hydrogen-bond acceptors (Lipinski definition) is 2. The van der Waals surface area contributed by atoms with Crippen LogP contribution in [0.2, 0.25) is 0 Å². The van der Waals surface area contributed by atoms with Crippen LogP contribution in [0.5, 0.6) is 0 Å². The molecule has 2 aliphatic carbocycles. The largest absolute Gasteiger partial charge is 0.310 e. The van der Waals surface area contributed by atoms with Gasteiger partial charge in [-0.1, -0.05) is 6.92 Å². The van der Waals surface area contributed by atoms with Crippen LogP contribution in [0.1, 0.15) is 43.7 Å². The third-order valence-corrected chi connectivity index (χ3v) is 4.34. The van der Waals surface area contributed by atoms with Crippen molar-refractivity contribution in [2.75, 3.05) is 0 Å². The molecule has 0 aromatic carbocycles. The highest BCUT2D eigenvalue weighted by molar-refractivity contribution is 7.08. The van der Waals surface area contributed by atoms with Crippen LogP contribution in [0, 0.1) is 0 Å². The average Bonchev–Trinajstić information content (AvgIpc) is 3.08. The fourth-order valence-corrected chi connectivity index (χ4v) is 3.00. The van der Waals surface area contributed by atoms with E-state index in [4.69, 9.17) is 0 Å². The molecule has 1 nitrogen and oxygen atoms in total. The first-order chi connectivity index (χ1) is 6.78. The third-order valence-electron chi connectivity index (χ3n) is 3.55. The van der Waals surface area contributed by atoms with Crippen molar-refractivity contribution in [3.63, 3.8) is 0 Å². The zero-order valence-electron chi connectivity index (χ0n) is 8.68. The number of rotatable bonds is 4. The zero-order chi connectivity index (χ0) is 9.60. The Balaban J connectivity index is 1.72. The first-order valence-corrected chi connectivity index (χ1v) is 6.51. The van der Waals surface area contributed by atoms with Crippen molar-refractivity contribution < 1.29 is 0 Å². The summed E-state index contributed by atoms with van der Waals surface area (Å²) in [6.45, 7) is 3.49. The predicted molar refractivity (Wildman–Crippen MR) is 60.8 cm³/mol. The fourth-order valence-electron chi connectivity index (χ4n) is 1.99. The van der Waals surface area contributed by atoms with Crippen LogP contribution in [0.3, 0.4) is 0 Å². The Morgan fingerprint density at radius 2 is 2.21 bits per heavy atom. The molecule has 3 rings (SSSR count). The summed E-state index contributed by atoms with van der Waals surface area (Å²) >= 11 is 1.87. The van der Waals surface area contributed by atoms with Crippen LogP contribution in [0.25, 0.3) is 0 Å². The van der Waals surface area contributed by atoms with Gasteiger partial charge in [-0.2, -0.15) is 11.3 Å². The van der Waals surface area contributed by atoms with Crippen molar-refractivity contribution in [1.29, 1.82) is 0 Å². The van der Waals surface area contributed by atoms with Gasteiger partial charge in [-0.25, -0.2) is 0 Å². The van der Waals surface area contributed by atoms with E-state index in [1.54, 1.807) is 11.1 Å². The average molecular weight is 207 g/mol. The van der Waals surface area contributed by atoms with Gasteiger partial charge in [0.05, 0.1) is 0 Å². The molecule has 0 atom stereocenters. The van der Waals surface area contributed by atoms with Crippen LogP contribution in [-0.2, 0) is 12.0 Å². The van der Waals surface area contributed by atoms with Gasteiger partial charge >= 0.3 is 0 Å². The quantitative estimate of drug-likeness (QED) is 0.800. The highest BCUT2D eigenvalue weighted by Crippen LogP contribution is 2.49. The van der Waals surface area contributed by atoms with E-state index < -0.39 is 0 Å². The summed E-state index contributed by atoms with van der Waals surface area (Å²) in [5.74, 6) is 0. The van der Waals surface area contributed by atoms with Gasteiger partial charge in [0.15, 0.2) is 0 Å².